The zero-order valence-electron chi connectivity index (χ0n) is 11.0. The molecule has 2 rings (SSSR count). The van der Waals surface area contributed by atoms with Gasteiger partial charge in [-0.05, 0) is 18.9 Å². The molecule has 0 radical (unpaired) electrons. The minimum absolute atomic E-state index is 0.462. The van der Waals surface area contributed by atoms with Gasteiger partial charge in [0.05, 0.1) is 10.5 Å². The van der Waals surface area contributed by atoms with E-state index in [-0.39, 0.29) is 0 Å². The summed E-state index contributed by atoms with van der Waals surface area (Å²) < 4.78 is 27.7. The Morgan fingerprint density at radius 2 is 2.00 bits per heavy atom. The Balaban J connectivity index is 2.35. The number of nitro benzene ring substituents is 1. The first-order chi connectivity index (χ1) is 9.90. The van der Waals surface area contributed by atoms with Gasteiger partial charge in [0, 0.05) is 11.4 Å². The van der Waals surface area contributed by atoms with Gasteiger partial charge in [-0.2, -0.15) is 4.39 Å². The van der Waals surface area contributed by atoms with Crippen LogP contribution in [0.3, 0.4) is 0 Å². The minimum Gasteiger partial charge on any atom is -0.346 e. The third-order valence-electron chi connectivity index (χ3n) is 3.69. The molecule has 1 amide bonds. The highest BCUT2D eigenvalue weighted by Crippen LogP contribution is 2.32. The second-order valence-electron chi connectivity index (χ2n) is 5.09. The van der Waals surface area contributed by atoms with Crippen molar-refractivity contribution < 1.29 is 18.5 Å². The van der Waals surface area contributed by atoms with Crippen LogP contribution in [0, 0.1) is 21.7 Å². The highest BCUT2D eigenvalue weighted by Gasteiger charge is 2.36. The molecule has 1 aromatic carbocycles. The fourth-order valence-corrected chi connectivity index (χ4v) is 3.24. The van der Waals surface area contributed by atoms with Crippen LogP contribution in [0.1, 0.15) is 36.0 Å². The predicted molar refractivity (Wildman–Crippen MR) is 75.5 cm³/mol. The summed E-state index contributed by atoms with van der Waals surface area (Å²) in [6.07, 6.45) is 3.21. The zero-order chi connectivity index (χ0) is 15.6. The Labute approximate surface area is 128 Å². The number of alkyl halides is 1. The number of benzene rings is 1. The van der Waals surface area contributed by atoms with Crippen molar-refractivity contribution in [3.05, 3.63) is 39.4 Å². The molecule has 0 bridgehead atoms. The van der Waals surface area contributed by atoms with Crippen LogP contribution >= 0.6 is 15.9 Å². The zero-order valence-corrected chi connectivity index (χ0v) is 12.6. The topological polar surface area (TPSA) is 72.2 Å². The maximum Gasteiger partial charge on any atom is 0.305 e. The van der Waals surface area contributed by atoms with Crippen molar-refractivity contribution in [1.82, 2.24) is 5.32 Å². The van der Waals surface area contributed by atoms with E-state index in [9.17, 15) is 23.7 Å². The molecule has 5 nitrogen and oxygen atoms in total. The molecule has 0 atom stereocenters. The van der Waals surface area contributed by atoms with Crippen LogP contribution in [-0.2, 0) is 0 Å². The van der Waals surface area contributed by atoms with Gasteiger partial charge < -0.3 is 5.32 Å². The summed E-state index contributed by atoms with van der Waals surface area (Å²) in [6.45, 7) is 0. The van der Waals surface area contributed by atoms with Crippen molar-refractivity contribution in [1.29, 1.82) is 0 Å². The van der Waals surface area contributed by atoms with Crippen LogP contribution in [0.5, 0.6) is 0 Å². The fraction of sp³-hybridized carbons (Fsp3) is 0.462. The largest absolute Gasteiger partial charge is 0.346 e. The lowest BCUT2D eigenvalue weighted by Crippen LogP contribution is -2.48. The Kier molecular flexibility index (Phi) is 4.55. The second-order valence-corrected chi connectivity index (χ2v) is 5.65. The van der Waals surface area contributed by atoms with Gasteiger partial charge in [0.15, 0.2) is 0 Å². The molecule has 0 aliphatic heterocycles. The molecule has 1 aromatic rings. The molecule has 0 aromatic heterocycles. The molecule has 114 valence electrons. The Morgan fingerprint density at radius 1 is 1.38 bits per heavy atom. The smallest absolute Gasteiger partial charge is 0.305 e. The highest BCUT2D eigenvalue weighted by molar-refractivity contribution is 9.09. The van der Waals surface area contributed by atoms with Crippen LogP contribution in [0.15, 0.2) is 12.1 Å². The normalized spacial score (nSPS) is 16.7. The molecule has 1 saturated carbocycles. The number of nitrogens with zero attached hydrogens (tertiary/aromatic N) is 1. The summed E-state index contributed by atoms with van der Waals surface area (Å²) >= 11 is 3.30. The number of nitrogens with one attached hydrogen (secondary N) is 1. The number of halogens is 3. The van der Waals surface area contributed by atoms with Crippen LogP contribution in [0.4, 0.5) is 14.5 Å². The molecule has 1 fully saturated rings. The van der Waals surface area contributed by atoms with Gasteiger partial charge in [0.2, 0.25) is 5.82 Å². The average Bonchev–Trinajstić information content (AvgIpc) is 2.87. The monoisotopic (exact) mass is 362 g/mol. The molecule has 1 aliphatic rings. The molecule has 0 heterocycles. The summed E-state index contributed by atoms with van der Waals surface area (Å²) in [5.74, 6) is -3.52. The molecule has 0 unspecified atom stereocenters. The Morgan fingerprint density at radius 3 is 2.52 bits per heavy atom. The summed E-state index contributed by atoms with van der Waals surface area (Å²) in [6, 6.07) is 1.43. The average molecular weight is 363 g/mol. The molecule has 0 spiro atoms. The van der Waals surface area contributed by atoms with Crippen molar-refractivity contribution in [2.24, 2.45) is 0 Å². The third kappa shape index (κ3) is 3.04. The maximum absolute atomic E-state index is 14.0. The van der Waals surface area contributed by atoms with Gasteiger partial charge >= 0.3 is 5.69 Å². The van der Waals surface area contributed by atoms with E-state index >= 15 is 0 Å². The van der Waals surface area contributed by atoms with Crippen molar-refractivity contribution >= 4 is 27.5 Å². The first-order valence-corrected chi connectivity index (χ1v) is 7.53. The summed E-state index contributed by atoms with van der Waals surface area (Å²) in [4.78, 5) is 21.8. The molecule has 0 saturated heterocycles. The van der Waals surface area contributed by atoms with Crippen LogP contribution in [0.2, 0.25) is 0 Å². The molecule has 21 heavy (non-hydrogen) atoms. The molecule has 1 aliphatic carbocycles. The number of hydrogen-bond donors (Lipinski definition) is 1. The van der Waals surface area contributed by atoms with Crippen molar-refractivity contribution in [3.8, 4) is 0 Å². The molecule has 1 N–H and O–H groups in total. The number of nitro groups is 1. The summed E-state index contributed by atoms with van der Waals surface area (Å²) in [5.41, 5.74) is -2.38. The lowest BCUT2D eigenvalue weighted by atomic mass is 9.99. The minimum atomic E-state index is -1.44. The van der Waals surface area contributed by atoms with Crippen LogP contribution < -0.4 is 5.32 Å². The molecular weight excluding hydrogens is 350 g/mol. The van der Waals surface area contributed by atoms with Crippen LogP contribution in [0.25, 0.3) is 0 Å². The van der Waals surface area contributed by atoms with E-state index in [4.69, 9.17) is 0 Å². The van der Waals surface area contributed by atoms with E-state index < -0.39 is 39.3 Å². The maximum atomic E-state index is 14.0. The van der Waals surface area contributed by atoms with Crippen molar-refractivity contribution in [2.45, 2.75) is 31.2 Å². The quantitative estimate of drug-likeness (QED) is 0.507. The van der Waals surface area contributed by atoms with Gasteiger partial charge in [-0.1, -0.05) is 28.8 Å². The fourth-order valence-electron chi connectivity index (χ4n) is 2.54. The number of rotatable bonds is 4. The first-order valence-electron chi connectivity index (χ1n) is 6.41. The molecule has 8 heteroatoms. The summed E-state index contributed by atoms with van der Waals surface area (Å²) in [7, 11) is 0. The highest BCUT2D eigenvalue weighted by atomic mass is 79.9. The van der Waals surface area contributed by atoms with Gasteiger partial charge in [-0.25, -0.2) is 4.39 Å². The van der Waals surface area contributed by atoms with Gasteiger partial charge in [0.25, 0.3) is 5.91 Å². The van der Waals surface area contributed by atoms with E-state index in [0.29, 0.717) is 24.2 Å². The van der Waals surface area contributed by atoms with E-state index in [1.165, 1.54) is 0 Å². The van der Waals surface area contributed by atoms with E-state index in [0.717, 1.165) is 18.9 Å². The van der Waals surface area contributed by atoms with Gasteiger partial charge in [0.1, 0.15) is 11.4 Å². The Hall–Kier alpha value is -1.57. The number of carbonyl (C=O) groups excluding carboxylic acids is 1. The standard InChI is InChI=1S/C13H13BrF2N2O3/c14-7-13(5-1-2-6-13)17-12(19)10-8(15)3-4-9(11(10)16)18(20)21/h3-4H,1-2,5-7H2,(H,17,19). The lowest BCUT2D eigenvalue weighted by Gasteiger charge is -2.28. The third-order valence-corrected chi connectivity index (χ3v) is 4.76. The number of amides is 1. The number of carbonyl (C=O) groups is 1. The molecular formula is C13H13BrF2N2O3. The lowest BCUT2D eigenvalue weighted by molar-refractivity contribution is -0.387. The van der Waals surface area contributed by atoms with Gasteiger partial charge in [-0.15, -0.1) is 0 Å². The summed E-state index contributed by atoms with van der Waals surface area (Å²) in [5, 5.41) is 13.8. The van der Waals surface area contributed by atoms with Crippen molar-refractivity contribution in [3.63, 3.8) is 0 Å². The van der Waals surface area contributed by atoms with Crippen molar-refractivity contribution in [2.75, 3.05) is 5.33 Å². The van der Waals surface area contributed by atoms with Crippen LogP contribution in [-0.4, -0.2) is 21.7 Å². The first kappa shape index (κ1) is 15.8. The number of hydrogen-bond acceptors (Lipinski definition) is 3. The van der Waals surface area contributed by atoms with E-state index in [1.807, 2.05) is 0 Å². The van der Waals surface area contributed by atoms with Gasteiger partial charge in [-0.3, -0.25) is 14.9 Å². The van der Waals surface area contributed by atoms with E-state index in [2.05, 4.69) is 21.2 Å². The Bertz CT molecular complexity index is 589. The van der Waals surface area contributed by atoms with E-state index in [1.54, 1.807) is 0 Å². The SMILES string of the molecule is O=C(NC1(CBr)CCCC1)c1c(F)ccc([N+](=O)[O-])c1F. The predicted octanol–water partition coefficient (Wildman–Crippen LogP) is 3.31. The second kappa shape index (κ2) is 6.05.